The molecule has 4 aliphatic rings. The Hall–Kier alpha value is -2.40. The van der Waals surface area contributed by atoms with Crippen LogP contribution < -0.4 is 11.3 Å². The first-order chi connectivity index (χ1) is 22.4. The van der Waals surface area contributed by atoms with E-state index in [0.717, 1.165) is 11.5 Å². The maximum Gasteiger partial charge on any atom is 0.472 e. The molecule has 0 spiro atoms. The van der Waals surface area contributed by atoms with E-state index in [9.17, 15) is 24.3 Å². The van der Waals surface area contributed by atoms with E-state index in [0.29, 0.717) is 21.9 Å². The van der Waals surface area contributed by atoms with Crippen molar-refractivity contribution in [3.05, 3.63) is 33.7 Å². The lowest BCUT2D eigenvalue weighted by Crippen LogP contribution is -2.45. The highest BCUT2D eigenvalue weighted by molar-refractivity contribution is 8.07. The molecule has 0 radical (unpaired) electrons. The van der Waals surface area contributed by atoms with Gasteiger partial charge >= 0.3 is 14.5 Å². The number of nitrogens with zero attached hydrogens (tertiary/aromatic N) is 6. The van der Waals surface area contributed by atoms with Gasteiger partial charge in [-0.1, -0.05) is 0 Å². The van der Waals surface area contributed by atoms with Crippen LogP contribution >= 0.6 is 26.1 Å². The van der Waals surface area contributed by atoms with Crippen molar-refractivity contribution >= 4 is 65.9 Å². The van der Waals surface area contributed by atoms with Gasteiger partial charge in [0.1, 0.15) is 53.2 Å². The van der Waals surface area contributed by atoms with Crippen LogP contribution in [0.3, 0.4) is 0 Å². The first-order valence-corrected chi connectivity index (χ1v) is 18.9. The second-order valence-electron chi connectivity index (χ2n) is 11.4. The Bertz CT molecular complexity index is 2050. The van der Waals surface area contributed by atoms with E-state index in [1.807, 2.05) is 0 Å². The number of imidazole rings is 1. The number of hydrogen-bond acceptors (Lipinski definition) is 18. The number of ether oxygens (including phenoxy) is 3. The molecular formula is C23H26N8O12P2S2. The highest BCUT2D eigenvalue weighted by atomic mass is 32.5. The summed E-state index contributed by atoms with van der Waals surface area (Å²) in [6, 6.07) is 0. The van der Waals surface area contributed by atoms with Gasteiger partial charge in [0.15, 0.2) is 23.2 Å². The van der Waals surface area contributed by atoms with Crippen molar-refractivity contribution in [3.8, 4) is 0 Å². The molecule has 10 atom stereocenters. The van der Waals surface area contributed by atoms with Gasteiger partial charge in [-0.3, -0.25) is 18.4 Å². The predicted octanol–water partition coefficient (Wildman–Crippen LogP) is -0.0407. The number of aromatic nitrogens is 7. The molecule has 4 saturated heterocycles. The first-order valence-electron chi connectivity index (χ1n) is 14.0. The largest absolute Gasteiger partial charge is 0.472 e. The zero-order valence-corrected chi connectivity index (χ0v) is 27.4. The summed E-state index contributed by atoms with van der Waals surface area (Å²) in [4.78, 5) is 54.6. The van der Waals surface area contributed by atoms with Crippen molar-refractivity contribution in [2.45, 2.75) is 49.3 Å². The number of phosphoric acid groups is 1. The van der Waals surface area contributed by atoms with Gasteiger partial charge in [0.05, 0.1) is 43.7 Å². The van der Waals surface area contributed by atoms with Crippen LogP contribution in [-0.4, -0.2) is 105 Å². The van der Waals surface area contributed by atoms with Gasteiger partial charge in [0, 0.05) is 5.92 Å². The average molecular weight is 733 g/mol. The molecule has 4 aromatic rings. The van der Waals surface area contributed by atoms with Crippen LogP contribution in [0.15, 0.2) is 17.4 Å². The smallest absolute Gasteiger partial charge is 0.396 e. The van der Waals surface area contributed by atoms with E-state index in [1.54, 1.807) is 6.92 Å². The van der Waals surface area contributed by atoms with Gasteiger partial charge in [0.25, 0.3) is 5.56 Å². The van der Waals surface area contributed by atoms with Crippen molar-refractivity contribution in [1.82, 2.24) is 33.9 Å². The topological polar surface area (TPSA) is 271 Å². The highest BCUT2D eigenvalue weighted by Gasteiger charge is 2.66. The quantitative estimate of drug-likeness (QED) is 0.173. The van der Waals surface area contributed by atoms with Crippen LogP contribution in [-0.2, 0) is 48.7 Å². The molecule has 252 valence electrons. The third-order valence-electron chi connectivity index (χ3n) is 8.48. The molecule has 47 heavy (non-hydrogen) atoms. The molecule has 4 aromatic heterocycles. The normalized spacial score (nSPS) is 39.1. The molecular weight excluding hydrogens is 706 g/mol. The van der Waals surface area contributed by atoms with Gasteiger partial charge in [0.2, 0.25) is 0 Å². The molecule has 0 aliphatic carbocycles. The minimum Gasteiger partial charge on any atom is -0.396 e. The molecule has 4 aliphatic heterocycles. The molecule has 6 N–H and O–H groups in total. The molecule has 2 unspecified atom stereocenters. The number of fused-ring (bicyclic) bond motifs is 4. The molecule has 24 heteroatoms. The number of rotatable bonds is 3. The van der Waals surface area contributed by atoms with Crippen LogP contribution in [0, 0.1) is 12.8 Å². The monoisotopic (exact) mass is 732 g/mol. The third-order valence-corrected chi connectivity index (χ3v) is 11.9. The van der Waals surface area contributed by atoms with Crippen LogP contribution in [0.2, 0.25) is 0 Å². The Labute approximate surface area is 272 Å². The van der Waals surface area contributed by atoms with E-state index in [-0.39, 0.29) is 23.5 Å². The maximum atomic E-state index is 13.5. The summed E-state index contributed by atoms with van der Waals surface area (Å²) >= 11 is 6.33. The second kappa shape index (κ2) is 11.3. The van der Waals surface area contributed by atoms with Crippen molar-refractivity contribution in [2.24, 2.45) is 5.92 Å². The number of anilines is 1. The first kappa shape index (κ1) is 31.8. The summed E-state index contributed by atoms with van der Waals surface area (Å²) in [7, 11) is -4.89. The van der Waals surface area contributed by atoms with E-state index < -0.39 is 88.2 Å². The summed E-state index contributed by atoms with van der Waals surface area (Å²) in [6.45, 7) is -4.40. The average Bonchev–Trinajstić information content (AvgIpc) is 3.82. The molecule has 0 amide bonds. The molecule has 4 bridgehead atoms. The van der Waals surface area contributed by atoms with E-state index in [4.69, 9.17) is 49.8 Å². The number of aliphatic hydroxyl groups excluding tert-OH is 1. The molecule has 0 aromatic carbocycles. The minimum absolute atomic E-state index is 0.0502. The number of aliphatic hydroxyl groups is 1. The van der Waals surface area contributed by atoms with Crippen molar-refractivity contribution in [1.29, 1.82) is 0 Å². The van der Waals surface area contributed by atoms with E-state index >= 15 is 0 Å². The Kier molecular flexibility index (Phi) is 7.67. The lowest BCUT2D eigenvalue weighted by Gasteiger charge is -2.33. The summed E-state index contributed by atoms with van der Waals surface area (Å²) in [5, 5.41) is 10.4. The fourth-order valence-corrected chi connectivity index (χ4v) is 9.69. The predicted molar refractivity (Wildman–Crippen MR) is 161 cm³/mol. The molecule has 0 saturated carbocycles. The summed E-state index contributed by atoms with van der Waals surface area (Å²) in [6.07, 6.45) is -3.97. The summed E-state index contributed by atoms with van der Waals surface area (Å²) in [5.74, 6) is -0.500. The van der Waals surface area contributed by atoms with Crippen molar-refractivity contribution in [2.75, 3.05) is 32.2 Å². The van der Waals surface area contributed by atoms with Gasteiger partial charge in [-0.2, -0.15) is 4.37 Å². The zero-order valence-electron chi connectivity index (χ0n) is 24.0. The van der Waals surface area contributed by atoms with Gasteiger partial charge in [-0.15, -0.1) is 0 Å². The standard InChI is InChI=1S/C23H26N8O12P2S2/c1-8-28-11-12(21(33)29-8)30-47-17(11)15-14-9(2-32)10(40-15)3-38-44(34,35)43-18-16-22(31-7-27-13-19(24)25-6-26-20(13)31)41-23(18,4-37-16)5-39-45(36,46)42-14/h6-7,9-10,14-16,18,22,32H,2-5H2,1H3,(H,34,35)(H,36,46)(H2,24,25,26)(H,28,29,33)/t9-,10-,14-,15-,16-,18+,22-,23-,45?/m1/s1. The number of aromatic amines is 1. The Morgan fingerprint density at radius 2 is 2.00 bits per heavy atom. The highest BCUT2D eigenvalue weighted by Crippen LogP contribution is 2.59. The van der Waals surface area contributed by atoms with E-state index in [1.165, 1.54) is 17.2 Å². The van der Waals surface area contributed by atoms with Gasteiger partial charge in [-0.05, 0) is 30.3 Å². The number of H-pyrrole nitrogens is 1. The number of nitrogens with one attached hydrogen (secondary N) is 1. The van der Waals surface area contributed by atoms with Crippen molar-refractivity contribution < 1.29 is 51.8 Å². The number of phosphoric ester groups is 1. The fourth-order valence-electron chi connectivity index (χ4n) is 6.34. The Morgan fingerprint density at radius 3 is 2.81 bits per heavy atom. The maximum absolute atomic E-state index is 13.5. The summed E-state index contributed by atoms with van der Waals surface area (Å²) < 4.78 is 60.7. The molecule has 8 heterocycles. The van der Waals surface area contributed by atoms with Gasteiger partial charge in [-0.25, -0.2) is 24.5 Å². The lowest BCUT2D eigenvalue weighted by atomic mass is 9.96. The number of aryl methyl sites for hydroxylation is 1. The number of nitrogen functional groups attached to an aromatic ring is 1. The Morgan fingerprint density at radius 1 is 1.17 bits per heavy atom. The van der Waals surface area contributed by atoms with Crippen LogP contribution in [0.4, 0.5) is 5.82 Å². The molecule has 20 nitrogen and oxygen atoms in total. The van der Waals surface area contributed by atoms with E-state index in [2.05, 4.69) is 29.3 Å². The Balaban J connectivity index is 1.15. The lowest BCUT2D eigenvalue weighted by molar-refractivity contribution is -0.183. The number of hydrogen-bond donors (Lipinski definition) is 5. The fraction of sp³-hybridized carbons (Fsp3) is 0.565. The minimum atomic E-state index is -4.89. The van der Waals surface area contributed by atoms with Crippen LogP contribution in [0.1, 0.15) is 23.0 Å². The number of nitrogens with two attached hydrogens (primary N) is 1. The molecule has 8 rings (SSSR count). The SMILES string of the molecule is Cc1nc2c([C@@H]3O[C@@H]4COP(=O)(O)O[C@H]5[C@H]6OC[C@]5(COP(O)(=S)O[C@@H]3[C@@H]4CO)O[C@H]6n3cnc4c(N)ncnc43)snc2c(=O)[nH]1. The molecule has 4 fully saturated rings. The van der Waals surface area contributed by atoms with Crippen LogP contribution in [0.25, 0.3) is 22.2 Å². The van der Waals surface area contributed by atoms with Crippen molar-refractivity contribution in [3.63, 3.8) is 0 Å². The summed E-state index contributed by atoms with van der Waals surface area (Å²) in [5.41, 5.74) is 4.76. The zero-order chi connectivity index (χ0) is 32.9. The third kappa shape index (κ3) is 5.27. The van der Waals surface area contributed by atoms with Gasteiger partial charge < -0.3 is 48.9 Å². The van der Waals surface area contributed by atoms with Crippen LogP contribution in [0.5, 0.6) is 0 Å². The second-order valence-corrected chi connectivity index (χ2v) is 16.4.